The highest BCUT2D eigenvalue weighted by molar-refractivity contribution is 6.30. The van der Waals surface area contributed by atoms with Crippen molar-refractivity contribution in [1.82, 2.24) is 4.98 Å². The molecule has 0 saturated carbocycles. The minimum Gasteiger partial charge on any atom is -0.507 e. The Morgan fingerprint density at radius 1 is 0.905 bits per heavy atom. The lowest BCUT2D eigenvalue weighted by molar-refractivity contribution is 0.474. The van der Waals surface area contributed by atoms with Gasteiger partial charge in [0.2, 0.25) is 0 Å². The van der Waals surface area contributed by atoms with E-state index < -0.39 is 0 Å². The van der Waals surface area contributed by atoms with E-state index >= 15 is 0 Å². The van der Waals surface area contributed by atoms with E-state index in [0.29, 0.717) is 21.8 Å². The SMILES string of the molecule is Oc1ccc(Cl)cc1/C=C/c1ccc2cccc(O)c2n1. The van der Waals surface area contributed by atoms with Gasteiger partial charge in [0.25, 0.3) is 0 Å². The summed E-state index contributed by atoms with van der Waals surface area (Å²) in [5.41, 5.74) is 1.85. The van der Waals surface area contributed by atoms with Gasteiger partial charge in [0.15, 0.2) is 0 Å². The number of benzene rings is 2. The van der Waals surface area contributed by atoms with Crippen LogP contribution in [0.25, 0.3) is 23.1 Å². The highest BCUT2D eigenvalue weighted by Crippen LogP contribution is 2.25. The summed E-state index contributed by atoms with van der Waals surface area (Å²) < 4.78 is 0. The molecule has 2 N–H and O–H groups in total. The second kappa shape index (κ2) is 5.46. The average molecular weight is 298 g/mol. The number of halogens is 1. The monoisotopic (exact) mass is 297 g/mol. The maximum atomic E-state index is 9.82. The first-order valence-electron chi connectivity index (χ1n) is 6.39. The first kappa shape index (κ1) is 13.5. The van der Waals surface area contributed by atoms with Crippen molar-refractivity contribution in [3.63, 3.8) is 0 Å². The minimum absolute atomic E-state index is 0.147. The van der Waals surface area contributed by atoms with Crippen molar-refractivity contribution < 1.29 is 10.2 Å². The van der Waals surface area contributed by atoms with Crippen molar-refractivity contribution in [2.24, 2.45) is 0 Å². The zero-order valence-electron chi connectivity index (χ0n) is 11.0. The van der Waals surface area contributed by atoms with E-state index in [0.717, 1.165) is 5.39 Å². The summed E-state index contributed by atoms with van der Waals surface area (Å²) in [7, 11) is 0. The summed E-state index contributed by atoms with van der Waals surface area (Å²) in [6.45, 7) is 0. The molecule has 0 aliphatic carbocycles. The molecule has 0 aliphatic rings. The fraction of sp³-hybridized carbons (Fsp3) is 0. The van der Waals surface area contributed by atoms with Crippen LogP contribution in [0, 0.1) is 0 Å². The van der Waals surface area contributed by atoms with Crippen molar-refractivity contribution in [2.45, 2.75) is 0 Å². The van der Waals surface area contributed by atoms with Gasteiger partial charge < -0.3 is 10.2 Å². The number of nitrogens with zero attached hydrogens (tertiary/aromatic N) is 1. The van der Waals surface area contributed by atoms with E-state index in [2.05, 4.69) is 4.98 Å². The molecule has 2 aromatic carbocycles. The number of para-hydroxylation sites is 1. The van der Waals surface area contributed by atoms with Crippen molar-refractivity contribution >= 4 is 34.7 Å². The molecule has 0 fully saturated rings. The lowest BCUT2D eigenvalue weighted by Gasteiger charge is -2.02. The number of fused-ring (bicyclic) bond motifs is 1. The number of hydrogen-bond donors (Lipinski definition) is 2. The zero-order chi connectivity index (χ0) is 14.8. The van der Waals surface area contributed by atoms with Gasteiger partial charge in [-0.25, -0.2) is 4.98 Å². The Balaban J connectivity index is 1.99. The van der Waals surface area contributed by atoms with Crippen molar-refractivity contribution in [3.8, 4) is 11.5 Å². The maximum Gasteiger partial charge on any atom is 0.141 e. The largest absolute Gasteiger partial charge is 0.507 e. The molecule has 0 saturated heterocycles. The van der Waals surface area contributed by atoms with E-state index in [4.69, 9.17) is 11.6 Å². The lowest BCUT2D eigenvalue weighted by Crippen LogP contribution is -1.84. The van der Waals surface area contributed by atoms with Crippen LogP contribution in [0.1, 0.15) is 11.3 Å². The van der Waals surface area contributed by atoms with Crippen molar-refractivity contribution in [1.29, 1.82) is 0 Å². The molecule has 0 atom stereocenters. The Kier molecular flexibility index (Phi) is 3.50. The zero-order valence-corrected chi connectivity index (χ0v) is 11.7. The van der Waals surface area contributed by atoms with Gasteiger partial charge in [0, 0.05) is 16.0 Å². The van der Waals surface area contributed by atoms with Gasteiger partial charge in [0.05, 0.1) is 5.69 Å². The van der Waals surface area contributed by atoms with Crippen LogP contribution in [0.4, 0.5) is 0 Å². The third-order valence-electron chi connectivity index (χ3n) is 3.14. The summed E-state index contributed by atoms with van der Waals surface area (Å²) >= 11 is 5.90. The molecule has 0 unspecified atom stereocenters. The van der Waals surface area contributed by atoms with E-state index in [-0.39, 0.29) is 11.5 Å². The molecule has 0 spiro atoms. The quantitative estimate of drug-likeness (QED) is 0.734. The summed E-state index contributed by atoms with van der Waals surface area (Å²) in [6.07, 6.45) is 3.49. The topological polar surface area (TPSA) is 53.4 Å². The summed E-state index contributed by atoms with van der Waals surface area (Å²) in [4.78, 5) is 4.39. The van der Waals surface area contributed by atoms with E-state index in [1.54, 1.807) is 42.5 Å². The van der Waals surface area contributed by atoms with Crippen LogP contribution in [0.15, 0.2) is 48.5 Å². The van der Waals surface area contributed by atoms with Crippen LogP contribution >= 0.6 is 11.6 Å². The van der Waals surface area contributed by atoms with Gasteiger partial charge in [-0.15, -0.1) is 0 Å². The number of pyridine rings is 1. The predicted molar refractivity (Wildman–Crippen MR) is 85.5 cm³/mol. The molecule has 21 heavy (non-hydrogen) atoms. The predicted octanol–water partition coefficient (Wildman–Crippen LogP) is 4.47. The smallest absolute Gasteiger partial charge is 0.141 e. The average Bonchev–Trinajstić information content (AvgIpc) is 2.49. The Hall–Kier alpha value is -2.52. The van der Waals surface area contributed by atoms with Crippen LogP contribution < -0.4 is 0 Å². The van der Waals surface area contributed by atoms with E-state index in [1.165, 1.54) is 0 Å². The van der Waals surface area contributed by atoms with E-state index in [1.807, 2.05) is 18.2 Å². The number of hydrogen-bond acceptors (Lipinski definition) is 3. The van der Waals surface area contributed by atoms with Crippen molar-refractivity contribution in [2.75, 3.05) is 0 Å². The van der Waals surface area contributed by atoms with Crippen LogP contribution in [0.3, 0.4) is 0 Å². The molecule has 3 nitrogen and oxygen atoms in total. The molecule has 1 aromatic heterocycles. The Bertz CT molecular complexity index is 843. The minimum atomic E-state index is 0.147. The third kappa shape index (κ3) is 2.83. The molecule has 1 heterocycles. The first-order valence-corrected chi connectivity index (χ1v) is 6.76. The van der Waals surface area contributed by atoms with Gasteiger partial charge in [-0.2, -0.15) is 0 Å². The number of phenolic OH excluding ortho intramolecular Hbond substituents is 2. The summed E-state index contributed by atoms with van der Waals surface area (Å²) in [5.74, 6) is 0.299. The van der Waals surface area contributed by atoms with Gasteiger partial charge in [-0.3, -0.25) is 0 Å². The second-order valence-corrected chi connectivity index (χ2v) is 5.06. The molecule has 0 radical (unpaired) electrons. The molecule has 4 heteroatoms. The molecule has 0 amide bonds. The molecule has 3 rings (SSSR count). The lowest BCUT2D eigenvalue weighted by atomic mass is 10.1. The second-order valence-electron chi connectivity index (χ2n) is 4.62. The summed E-state index contributed by atoms with van der Waals surface area (Å²) in [6, 6.07) is 13.8. The number of phenols is 2. The van der Waals surface area contributed by atoms with Gasteiger partial charge in [-0.1, -0.05) is 29.8 Å². The van der Waals surface area contributed by atoms with Crippen LogP contribution in [0.5, 0.6) is 11.5 Å². The van der Waals surface area contributed by atoms with Crippen LogP contribution in [-0.4, -0.2) is 15.2 Å². The van der Waals surface area contributed by atoms with Gasteiger partial charge in [0.1, 0.15) is 17.0 Å². The number of rotatable bonds is 2. The summed E-state index contributed by atoms with van der Waals surface area (Å²) in [5, 5.41) is 21.0. The number of aromatic hydroxyl groups is 2. The standard InChI is InChI=1S/C17H12ClNO2/c18-13-6-9-15(20)12(10-13)5-8-14-7-4-11-2-1-3-16(21)17(11)19-14/h1-10,20-21H/b8-5+. The van der Waals surface area contributed by atoms with Crippen LogP contribution in [-0.2, 0) is 0 Å². The van der Waals surface area contributed by atoms with E-state index in [9.17, 15) is 10.2 Å². The molecule has 104 valence electrons. The van der Waals surface area contributed by atoms with Crippen LogP contribution in [0.2, 0.25) is 5.02 Å². The Labute approximate surface area is 126 Å². The van der Waals surface area contributed by atoms with Gasteiger partial charge in [-0.05, 0) is 42.5 Å². The maximum absolute atomic E-state index is 9.82. The van der Waals surface area contributed by atoms with Gasteiger partial charge >= 0.3 is 0 Å². The number of aromatic nitrogens is 1. The molecular formula is C17H12ClNO2. The Morgan fingerprint density at radius 2 is 1.76 bits per heavy atom. The first-order chi connectivity index (χ1) is 10.1. The fourth-order valence-electron chi connectivity index (χ4n) is 2.07. The molecular weight excluding hydrogens is 286 g/mol. The highest BCUT2D eigenvalue weighted by Gasteiger charge is 2.02. The fourth-order valence-corrected chi connectivity index (χ4v) is 2.25. The molecule has 0 bridgehead atoms. The molecule has 0 aliphatic heterocycles. The van der Waals surface area contributed by atoms with Crippen molar-refractivity contribution in [3.05, 3.63) is 64.8 Å². The Morgan fingerprint density at radius 3 is 2.62 bits per heavy atom. The normalized spacial score (nSPS) is 11.3. The molecule has 3 aromatic rings. The third-order valence-corrected chi connectivity index (χ3v) is 3.38. The highest BCUT2D eigenvalue weighted by atomic mass is 35.5.